The molecular formula is C9H13ClN2O2S3. The molecule has 0 bridgehead atoms. The SMILES string of the molecule is Cc1nc(Cl)sc1S(=O)(=O)N1CCSCC1C. The molecule has 0 aromatic carbocycles. The number of hydrogen-bond acceptors (Lipinski definition) is 5. The zero-order chi connectivity index (χ0) is 12.6. The maximum Gasteiger partial charge on any atom is 0.254 e. The van der Waals surface area contributed by atoms with Gasteiger partial charge in [0, 0.05) is 24.1 Å². The van der Waals surface area contributed by atoms with Crippen LogP contribution in [0.2, 0.25) is 4.47 Å². The Morgan fingerprint density at radius 3 is 2.76 bits per heavy atom. The molecule has 2 heterocycles. The Labute approximate surface area is 114 Å². The van der Waals surface area contributed by atoms with Crippen molar-refractivity contribution in [2.75, 3.05) is 18.1 Å². The fourth-order valence-corrected chi connectivity index (χ4v) is 6.47. The molecule has 96 valence electrons. The highest BCUT2D eigenvalue weighted by atomic mass is 35.5. The summed E-state index contributed by atoms with van der Waals surface area (Å²) in [5.41, 5.74) is 0.491. The van der Waals surface area contributed by atoms with Gasteiger partial charge in [-0.25, -0.2) is 13.4 Å². The molecule has 1 unspecified atom stereocenters. The molecule has 0 radical (unpaired) electrons. The highest BCUT2D eigenvalue weighted by molar-refractivity contribution is 7.99. The normalized spacial score (nSPS) is 22.9. The van der Waals surface area contributed by atoms with Gasteiger partial charge < -0.3 is 0 Å². The maximum atomic E-state index is 12.5. The van der Waals surface area contributed by atoms with E-state index in [4.69, 9.17) is 11.6 Å². The lowest BCUT2D eigenvalue weighted by Crippen LogP contribution is -2.44. The van der Waals surface area contributed by atoms with Crippen LogP contribution >= 0.6 is 34.7 Å². The third-order valence-electron chi connectivity index (χ3n) is 2.58. The molecule has 4 nitrogen and oxygen atoms in total. The van der Waals surface area contributed by atoms with Crippen LogP contribution in [-0.4, -0.2) is 41.8 Å². The second kappa shape index (κ2) is 5.05. The van der Waals surface area contributed by atoms with Crippen molar-refractivity contribution in [2.45, 2.75) is 24.1 Å². The summed E-state index contributed by atoms with van der Waals surface area (Å²) in [4.78, 5) is 3.97. The summed E-state index contributed by atoms with van der Waals surface area (Å²) < 4.78 is 27.0. The van der Waals surface area contributed by atoms with Gasteiger partial charge in [0.15, 0.2) is 8.68 Å². The number of halogens is 1. The number of aryl methyl sites for hydroxylation is 1. The minimum Gasteiger partial charge on any atom is -0.229 e. The van der Waals surface area contributed by atoms with Crippen LogP contribution in [0.15, 0.2) is 4.21 Å². The van der Waals surface area contributed by atoms with Crippen molar-refractivity contribution >= 4 is 44.7 Å². The van der Waals surface area contributed by atoms with E-state index in [1.807, 2.05) is 6.92 Å². The number of rotatable bonds is 2. The smallest absolute Gasteiger partial charge is 0.229 e. The van der Waals surface area contributed by atoms with Gasteiger partial charge in [-0.15, -0.1) is 0 Å². The molecule has 0 aliphatic carbocycles. The summed E-state index contributed by atoms with van der Waals surface area (Å²) in [5, 5.41) is 0. The highest BCUT2D eigenvalue weighted by Gasteiger charge is 2.34. The summed E-state index contributed by atoms with van der Waals surface area (Å²) in [6.07, 6.45) is 0. The molecular weight excluding hydrogens is 300 g/mol. The van der Waals surface area contributed by atoms with Crippen LogP contribution in [0.25, 0.3) is 0 Å². The number of thiazole rings is 1. The van der Waals surface area contributed by atoms with Gasteiger partial charge >= 0.3 is 0 Å². The largest absolute Gasteiger partial charge is 0.254 e. The average molecular weight is 313 g/mol. The molecule has 1 saturated heterocycles. The number of aromatic nitrogens is 1. The Morgan fingerprint density at radius 2 is 2.24 bits per heavy atom. The molecule has 0 N–H and O–H groups in total. The first-order valence-corrected chi connectivity index (χ1v) is 8.94. The van der Waals surface area contributed by atoms with Crippen molar-refractivity contribution < 1.29 is 8.42 Å². The predicted octanol–water partition coefficient (Wildman–Crippen LogP) is 2.23. The Kier molecular flexibility index (Phi) is 4.04. The number of sulfonamides is 1. The summed E-state index contributed by atoms with van der Waals surface area (Å²) in [6, 6.07) is 0.0269. The zero-order valence-electron chi connectivity index (χ0n) is 9.51. The second-order valence-corrected chi connectivity index (χ2v) is 8.70. The van der Waals surface area contributed by atoms with Crippen LogP contribution in [0.3, 0.4) is 0 Å². The maximum absolute atomic E-state index is 12.5. The lowest BCUT2D eigenvalue weighted by Gasteiger charge is -2.31. The van der Waals surface area contributed by atoms with Crippen molar-refractivity contribution in [1.29, 1.82) is 0 Å². The van der Waals surface area contributed by atoms with E-state index in [9.17, 15) is 8.42 Å². The molecule has 0 saturated carbocycles. The quantitative estimate of drug-likeness (QED) is 0.840. The van der Waals surface area contributed by atoms with Crippen LogP contribution < -0.4 is 0 Å². The van der Waals surface area contributed by atoms with Crippen molar-refractivity contribution in [2.24, 2.45) is 0 Å². The van der Waals surface area contributed by atoms with Crippen molar-refractivity contribution in [3.63, 3.8) is 0 Å². The first-order chi connectivity index (χ1) is 7.93. The van der Waals surface area contributed by atoms with E-state index < -0.39 is 10.0 Å². The van der Waals surface area contributed by atoms with Crippen molar-refractivity contribution in [3.05, 3.63) is 10.2 Å². The van der Waals surface area contributed by atoms with E-state index >= 15 is 0 Å². The summed E-state index contributed by atoms with van der Waals surface area (Å²) in [5.74, 6) is 1.68. The minimum atomic E-state index is -3.43. The van der Waals surface area contributed by atoms with E-state index in [1.54, 1.807) is 23.0 Å². The van der Waals surface area contributed by atoms with Gasteiger partial charge in [-0.3, -0.25) is 0 Å². The van der Waals surface area contributed by atoms with Gasteiger partial charge in [0.2, 0.25) is 0 Å². The van der Waals surface area contributed by atoms with Crippen molar-refractivity contribution in [3.8, 4) is 0 Å². The predicted molar refractivity (Wildman–Crippen MR) is 72.5 cm³/mol. The fraction of sp³-hybridized carbons (Fsp3) is 0.667. The summed E-state index contributed by atoms with van der Waals surface area (Å²) in [6.45, 7) is 4.17. The average Bonchev–Trinajstić information content (AvgIpc) is 2.59. The highest BCUT2D eigenvalue weighted by Crippen LogP contribution is 2.32. The molecule has 1 aromatic rings. The molecule has 8 heteroatoms. The Morgan fingerprint density at radius 1 is 1.53 bits per heavy atom. The Bertz CT molecular complexity index is 514. The summed E-state index contributed by atoms with van der Waals surface area (Å²) in [7, 11) is -3.43. The molecule has 1 fully saturated rings. The second-order valence-electron chi connectivity index (χ2n) is 3.88. The third-order valence-corrected chi connectivity index (χ3v) is 7.63. The fourth-order valence-electron chi connectivity index (χ4n) is 1.77. The molecule has 17 heavy (non-hydrogen) atoms. The first kappa shape index (κ1) is 13.6. The van der Waals surface area contributed by atoms with E-state index in [0.29, 0.717) is 12.2 Å². The molecule has 1 aliphatic rings. The van der Waals surface area contributed by atoms with Crippen LogP contribution in [0.1, 0.15) is 12.6 Å². The van der Waals surface area contributed by atoms with Gasteiger partial charge in [0.05, 0.1) is 5.69 Å². The summed E-state index contributed by atoms with van der Waals surface area (Å²) >= 11 is 8.59. The molecule has 0 amide bonds. The van der Waals surface area contributed by atoms with Crippen LogP contribution in [0.4, 0.5) is 0 Å². The number of thioether (sulfide) groups is 1. The Balaban J connectivity index is 2.39. The van der Waals surface area contributed by atoms with Crippen LogP contribution in [-0.2, 0) is 10.0 Å². The minimum absolute atomic E-state index is 0.0269. The molecule has 1 atom stereocenters. The van der Waals surface area contributed by atoms with Gasteiger partial charge in [-0.05, 0) is 13.8 Å². The topological polar surface area (TPSA) is 50.3 Å². The lowest BCUT2D eigenvalue weighted by molar-refractivity contribution is 0.368. The zero-order valence-corrected chi connectivity index (χ0v) is 12.7. The van der Waals surface area contributed by atoms with Crippen LogP contribution in [0.5, 0.6) is 0 Å². The van der Waals surface area contributed by atoms with Crippen LogP contribution in [0, 0.1) is 6.92 Å². The standard InChI is InChI=1S/C9H13ClN2O2S3/c1-6-5-15-4-3-12(6)17(13,14)8-7(2)11-9(10)16-8/h6H,3-5H2,1-2H3. The molecule has 1 aromatic heterocycles. The molecule has 2 rings (SSSR count). The molecule has 0 spiro atoms. The van der Waals surface area contributed by atoms with E-state index in [0.717, 1.165) is 22.8 Å². The van der Waals surface area contributed by atoms with Gasteiger partial charge in [0.25, 0.3) is 10.0 Å². The van der Waals surface area contributed by atoms with Gasteiger partial charge in [-0.1, -0.05) is 22.9 Å². The Hall–Kier alpha value is 0.180. The van der Waals surface area contributed by atoms with Gasteiger partial charge in [0.1, 0.15) is 0 Å². The first-order valence-electron chi connectivity index (χ1n) is 5.15. The number of nitrogens with zero attached hydrogens (tertiary/aromatic N) is 2. The molecule has 1 aliphatic heterocycles. The third kappa shape index (κ3) is 2.63. The monoisotopic (exact) mass is 312 g/mol. The van der Waals surface area contributed by atoms with E-state index in [-0.39, 0.29) is 14.7 Å². The van der Waals surface area contributed by atoms with Gasteiger partial charge in [-0.2, -0.15) is 16.1 Å². The van der Waals surface area contributed by atoms with E-state index in [2.05, 4.69) is 4.98 Å². The van der Waals surface area contributed by atoms with Crippen molar-refractivity contribution in [1.82, 2.24) is 9.29 Å². The van der Waals surface area contributed by atoms with E-state index in [1.165, 1.54) is 0 Å². The number of hydrogen-bond donors (Lipinski definition) is 0. The lowest BCUT2D eigenvalue weighted by atomic mass is 10.4.